The fraction of sp³-hybridized carbons (Fsp3) is 1.00. The third kappa shape index (κ3) is 8.61. The molecular weight excluding hydrogens is 756 g/mol. The van der Waals surface area contributed by atoms with E-state index in [4.69, 9.17) is 0 Å². The van der Waals surface area contributed by atoms with Crippen LogP contribution in [0.4, 0.5) is 0 Å². The molecule has 0 aliphatic carbocycles. The van der Waals surface area contributed by atoms with Gasteiger partial charge in [-0.3, -0.25) is 0 Å². The van der Waals surface area contributed by atoms with Crippen LogP contribution in [-0.2, 0) is 0 Å². The van der Waals surface area contributed by atoms with Crippen LogP contribution in [0.15, 0.2) is 0 Å². The van der Waals surface area contributed by atoms with E-state index in [1.807, 2.05) is 0 Å². The van der Waals surface area contributed by atoms with E-state index in [2.05, 4.69) is 151 Å². The van der Waals surface area contributed by atoms with Gasteiger partial charge in [0.2, 0.25) is 0 Å². The maximum absolute atomic E-state index is 4.60. The van der Waals surface area contributed by atoms with Gasteiger partial charge >= 0.3 is 245 Å². The molecule has 0 fully saturated rings. The van der Waals surface area contributed by atoms with Gasteiger partial charge < -0.3 is 0 Å². The van der Waals surface area contributed by atoms with Crippen molar-refractivity contribution in [2.24, 2.45) is 0 Å². The molecule has 0 saturated carbocycles. The van der Waals surface area contributed by atoms with Crippen molar-refractivity contribution in [2.45, 2.75) is 156 Å². The summed E-state index contributed by atoms with van der Waals surface area (Å²) in [6.45, 7) is 39.9. The zero-order valence-electron chi connectivity index (χ0n) is 25.0. The van der Waals surface area contributed by atoms with Crippen molar-refractivity contribution in [2.75, 3.05) is 0 Å². The minimum absolute atomic E-state index is 0.662. The van der Waals surface area contributed by atoms with Crippen molar-refractivity contribution < 1.29 is 0 Å². The van der Waals surface area contributed by atoms with Crippen molar-refractivity contribution >= 4 is 79.1 Å². The molecule has 0 atom stereocenters. The molecule has 34 heavy (non-hydrogen) atoms. The van der Waals surface area contributed by atoms with Crippen LogP contribution in [-0.4, -0.2) is 101 Å². The molecule has 0 saturated heterocycles. The van der Waals surface area contributed by atoms with Gasteiger partial charge in [-0.2, -0.15) is 0 Å². The standard InChI is InChI=1S/C24H58N2P4Se4/c1-17(2)27(31,18(3)4)25-29(21(9)10,22(11)12)33-34-30(23(13)14,24(15)16)26-28(32,19(5)6)20(7)8/h17-24H,1-16H3,(H,25,31)(H,26,32)/q+2. The van der Waals surface area contributed by atoms with Crippen molar-refractivity contribution in [3.8, 4) is 0 Å². The van der Waals surface area contributed by atoms with E-state index < -0.39 is 23.5 Å². The molecule has 2 nitrogen and oxygen atoms in total. The Morgan fingerprint density at radius 3 is 0.735 bits per heavy atom. The molecule has 0 spiro atoms. The Bertz CT molecular complexity index is 622. The summed E-state index contributed by atoms with van der Waals surface area (Å²) < 4.78 is 0. The number of hydrogen-bond donors (Lipinski definition) is 2. The Kier molecular flexibility index (Phi) is 16.7. The van der Waals surface area contributed by atoms with Crippen LogP contribution in [0.25, 0.3) is 0 Å². The van der Waals surface area contributed by atoms with Crippen LogP contribution in [0.5, 0.6) is 0 Å². The topological polar surface area (TPSA) is 24.1 Å². The van der Waals surface area contributed by atoms with Gasteiger partial charge in [-0.05, 0) is 0 Å². The SMILES string of the molecule is CC(C)P(=[Se])(N[P+]([Se][Se][P+](NP(=[Se])(C(C)C)C(C)C)(C(C)C)C(C)C)(C(C)C)C(C)C)C(C)C. The fourth-order valence-corrected chi connectivity index (χ4v) is 97.6. The Morgan fingerprint density at radius 1 is 0.441 bits per heavy atom. The molecule has 0 bridgehead atoms. The van der Waals surface area contributed by atoms with E-state index in [1.165, 1.54) is 0 Å². The second kappa shape index (κ2) is 15.1. The molecule has 0 aliphatic heterocycles. The van der Waals surface area contributed by atoms with Crippen LogP contribution in [0.1, 0.15) is 111 Å². The summed E-state index contributed by atoms with van der Waals surface area (Å²) in [5.41, 5.74) is 3.00. The van der Waals surface area contributed by atoms with Gasteiger partial charge in [-0.15, -0.1) is 0 Å². The summed E-state index contributed by atoms with van der Waals surface area (Å²) in [5, 5.41) is 0. The van der Waals surface area contributed by atoms with Gasteiger partial charge in [-0.25, -0.2) is 0 Å². The molecule has 0 aromatic rings. The van der Waals surface area contributed by atoms with E-state index in [0.717, 1.165) is 22.6 Å². The molecule has 206 valence electrons. The number of nitrogens with one attached hydrogen (secondary N) is 2. The van der Waals surface area contributed by atoms with Crippen LogP contribution >= 0.6 is 23.5 Å². The van der Waals surface area contributed by atoms with E-state index in [9.17, 15) is 0 Å². The fourth-order valence-electron chi connectivity index (χ4n) is 4.29. The molecule has 10 heteroatoms. The number of hydrogen-bond acceptors (Lipinski definition) is 2. The molecule has 0 heterocycles. The zero-order valence-corrected chi connectivity index (χ0v) is 35.5. The molecule has 0 unspecified atom stereocenters. The van der Waals surface area contributed by atoms with E-state index in [0.29, 0.717) is 48.0 Å². The van der Waals surface area contributed by atoms with Gasteiger partial charge in [0.1, 0.15) is 0 Å². The summed E-state index contributed by atoms with van der Waals surface area (Å²) in [5.74, 6) is 0. The molecule has 0 amide bonds. The van der Waals surface area contributed by atoms with Gasteiger partial charge in [0, 0.05) is 0 Å². The zero-order chi connectivity index (χ0) is 27.4. The average Bonchev–Trinajstić information content (AvgIpc) is 2.67. The van der Waals surface area contributed by atoms with Crippen LogP contribution < -0.4 is 9.72 Å². The predicted octanol–water partition coefficient (Wildman–Crippen LogP) is 8.48. The first-order valence-corrected chi connectivity index (χ1v) is 34.0. The van der Waals surface area contributed by atoms with Crippen molar-refractivity contribution in [3.63, 3.8) is 0 Å². The predicted molar refractivity (Wildman–Crippen MR) is 178 cm³/mol. The minimum atomic E-state index is -1.35. The Balaban J connectivity index is 6.69. The summed E-state index contributed by atoms with van der Waals surface area (Å²) in [7, 11) is 0. The molecule has 0 rings (SSSR count). The Morgan fingerprint density at radius 2 is 0.618 bits per heavy atom. The quantitative estimate of drug-likeness (QED) is 0.128. The van der Waals surface area contributed by atoms with Gasteiger partial charge in [0.15, 0.2) is 0 Å². The van der Waals surface area contributed by atoms with Gasteiger partial charge in [-0.1, -0.05) is 0 Å². The third-order valence-electron chi connectivity index (χ3n) is 7.04. The van der Waals surface area contributed by atoms with Crippen LogP contribution in [0.3, 0.4) is 0 Å². The summed E-state index contributed by atoms with van der Waals surface area (Å²) >= 11 is 8.93. The maximum atomic E-state index is 4.60. The van der Waals surface area contributed by atoms with Crippen LogP contribution in [0.2, 0.25) is 0 Å². The number of rotatable bonds is 15. The van der Waals surface area contributed by atoms with Crippen molar-refractivity contribution in [1.82, 2.24) is 9.72 Å². The summed E-state index contributed by atoms with van der Waals surface area (Å²) in [6, 6.07) is 0. The average molecular weight is 814 g/mol. The van der Waals surface area contributed by atoms with Gasteiger partial charge in [0.25, 0.3) is 0 Å². The van der Waals surface area contributed by atoms with Crippen LogP contribution in [0, 0.1) is 0 Å². The second-order valence-corrected chi connectivity index (χ2v) is 54.6. The van der Waals surface area contributed by atoms with Crippen molar-refractivity contribution in [1.29, 1.82) is 0 Å². The molecule has 0 aromatic heterocycles. The third-order valence-corrected chi connectivity index (χ3v) is 79.5. The summed E-state index contributed by atoms with van der Waals surface area (Å²) in [4.78, 5) is 9.20. The summed E-state index contributed by atoms with van der Waals surface area (Å²) in [6.07, 6.45) is -2.62. The molecule has 0 aromatic carbocycles. The first kappa shape index (κ1) is 37.7. The molecule has 2 N–H and O–H groups in total. The monoisotopic (exact) mass is 818 g/mol. The Labute approximate surface area is 242 Å². The molecular formula is C24H58N2P4Se4+2. The molecule has 0 radical (unpaired) electrons. The Hall–Kier alpha value is 3.72. The molecule has 0 aliphatic rings. The van der Waals surface area contributed by atoms with E-state index in [-0.39, 0.29) is 0 Å². The van der Waals surface area contributed by atoms with E-state index in [1.54, 1.807) is 0 Å². The second-order valence-electron chi connectivity index (χ2n) is 11.9. The first-order chi connectivity index (χ1) is 15.2. The normalized spacial score (nSPS) is 14.9. The van der Waals surface area contributed by atoms with Crippen molar-refractivity contribution in [3.05, 3.63) is 0 Å². The first-order valence-electron chi connectivity index (χ1n) is 13.1. The van der Waals surface area contributed by atoms with Gasteiger partial charge in [0.05, 0.1) is 0 Å². The van der Waals surface area contributed by atoms with E-state index >= 15 is 0 Å².